The summed E-state index contributed by atoms with van der Waals surface area (Å²) in [6.45, 7) is 7.59. The fourth-order valence-electron chi connectivity index (χ4n) is 4.02. The molecule has 27 heavy (non-hydrogen) atoms. The first-order valence-corrected chi connectivity index (χ1v) is 9.48. The third-order valence-electron chi connectivity index (χ3n) is 5.62. The molecule has 0 N–H and O–H groups in total. The quantitative estimate of drug-likeness (QED) is 0.754. The molecular formula is C23H24FN3. The number of aliphatic imine (C=N–C) groups is 1. The predicted octanol–water partition coefficient (Wildman–Crippen LogP) is 4.09. The van der Waals surface area contributed by atoms with Crippen LogP contribution in [-0.4, -0.2) is 22.2 Å². The molecular weight excluding hydrogens is 337 g/mol. The topological polar surface area (TPSA) is 20.5 Å². The van der Waals surface area contributed by atoms with Gasteiger partial charge in [-0.2, -0.15) is 0 Å². The van der Waals surface area contributed by atoms with Crippen molar-refractivity contribution < 1.29 is 4.39 Å². The molecule has 0 amide bonds. The average Bonchev–Trinajstić information content (AvgIpc) is 2.94. The monoisotopic (exact) mass is 361 g/mol. The van der Waals surface area contributed by atoms with Crippen LogP contribution in [0.15, 0.2) is 41.0 Å². The van der Waals surface area contributed by atoms with Gasteiger partial charge >= 0.3 is 0 Å². The van der Waals surface area contributed by atoms with Crippen LogP contribution in [-0.2, 0) is 32.5 Å². The van der Waals surface area contributed by atoms with Crippen molar-refractivity contribution in [3.05, 3.63) is 69.9 Å². The van der Waals surface area contributed by atoms with Gasteiger partial charge in [0.2, 0.25) is 0 Å². The Bertz CT molecular complexity index is 968. The van der Waals surface area contributed by atoms with Crippen molar-refractivity contribution >= 4 is 6.21 Å². The first kappa shape index (κ1) is 17.6. The zero-order valence-corrected chi connectivity index (χ0v) is 15.9. The molecule has 0 saturated carbocycles. The van der Waals surface area contributed by atoms with Gasteiger partial charge in [0, 0.05) is 36.6 Å². The van der Waals surface area contributed by atoms with Crippen molar-refractivity contribution in [3.63, 3.8) is 0 Å². The average molecular weight is 361 g/mol. The molecule has 0 saturated heterocycles. The molecule has 2 aromatic rings. The van der Waals surface area contributed by atoms with Gasteiger partial charge in [-0.15, -0.1) is 0 Å². The third-order valence-corrected chi connectivity index (χ3v) is 5.62. The highest BCUT2D eigenvalue weighted by Crippen LogP contribution is 2.32. The van der Waals surface area contributed by atoms with Crippen molar-refractivity contribution in [2.24, 2.45) is 4.99 Å². The molecule has 3 nitrogen and oxygen atoms in total. The van der Waals surface area contributed by atoms with E-state index in [0.29, 0.717) is 6.54 Å². The number of halogens is 1. The number of nitrogens with zero attached hydrogens (tertiary/aromatic N) is 3. The number of hydrogen-bond donors (Lipinski definition) is 0. The van der Waals surface area contributed by atoms with Crippen molar-refractivity contribution in [1.82, 2.24) is 9.47 Å². The van der Waals surface area contributed by atoms with Crippen LogP contribution in [0.3, 0.4) is 0 Å². The fraction of sp³-hybridized carbons (Fsp3) is 0.348. The van der Waals surface area contributed by atoms with Gasteiger partial charge in [-0.1, -0.05) is 30.0 Å². The SMILES string of the molecule is C/C=C(\C)N1CCc2c3c(n(Cc4ccc(F)cc4)c2C1)CN=CC#CC3. The van der Waals surface area contributed by atoms with Gasteiger partial charge in [-0.3, -0.25) is 4.99 Å². The number of benzene rings is 1. The van der Waals surface area contributed by atoms with E-state index in [2.05, 4.69) is 46.2 Å². The van der Waals surface area contributed by atoms with Crippen molar-refractivity contribution in [1.29, 1.82) is 0 Å². The molecule has 0 unspecified atom stereocenters. The van der Waals surface area contributed by atoms with Crippen LogP contribution in [0.1, 0.15) is 41.9 Å². The molecule has 4 rings (SSSR count). The highest BCUT2D eigenvalue weighted by Gasteiger charge is 2.27. The number of allylic oxidation sites excluding steroid dienone is 2. The van der Waals surface area contributed by atoms with Gasteiger partial charge < -0.3 is 9.47 Å². The Hall–Kier alpha value is -2.80. The lowest BCUT2D eigenvalue weighted by molar-refractivity contribution is 0.312. The summed E-state index contributed by atoms with van der Waals surface area (Å²) < 4.78 is 15.7. The first-order chi connectivity index (χ1) is 13.2. The fourth-order valence-corrected chi connectivity index (χ4v) is 4.02. The zero-order chi connectivity index (χ0) is 18.8. The van der Waals surface area contributed by atoms with E-state index < -0.39 is 0 Å². The standard InChI is InChI=1S/C23H24FN3/c1-3-17(2)26-13-11-21-20-6-4-5-12-25-14-22(20)27(23(21)16-26)15-18-7-9-19(24)10-8-18/h3,7-10,12H,6,11,13-16H2,1-2H3/b17-3+,25-12?. The van der Waals surface area contributed by atoms with Crippen molar-refractivity contribution in [2.75, 3.05) is 6.54 Å². The molecule has 1 aromatic carbocycles. The molecule has 0 bridgehead atoms. The smallest absolute Gasteiger partial charge is 0.123 e. The molecule has 0 fully saturated rings. The van der Waals surface area contributed by atoms with Crippen LogP contribution in [0.2, 0.25) is 0 Å². The second-order valence-corrected chi connectivity index (χ2v) is 7.13. The lowest BCUT2D eigenvalue weighted by atomic mass is 9.99. The number of hydrogen-bond acceptors (Lipinski definition) is 2. The van der Waals surface area contributed by atoms with E-state index in [1.807, 2.05) is 12.1 Å². The van der Waals surface area contributed by atoms with Gasteiger partial charge in [-0.25, -0.2) is 4.39 Å². The highest BCUT2D eigenvalue weighted by atomic mass is 19.1. The minimum absolute atomic E-state index is 0.196. The molecule has 0 aliphatic carbocycles. The first-order valence-electron chi connectivity index (χ1n) is 9.48. The van der Waals surface area contributed by atoms with Crippen molar-refractivity contribution in [2.45, 2.75) is 46.3 Å². The molecule has 2 aliphatic rings. The Morgan fingerprint density at radius 2 is 2.04 bits per heavy atom. The summed E-state index contributed by atoms with van der Waals surface area (Å²) in [5.74, 6) is 6.06. The second kappa shape index (κ2) is 7.44. The van der Waals surface area contributed by atoms with E-state index in [-0.39, 0.29) is 5.82 Å². The Balaban J connectivity index is 1.80. The van der Waals surface area contributed by atoms with E-state index in [9.17, 15) is 4.39 Å². The minimum atomic E-state index is -0.196. The number of rotatable bonds is 3. The summed E-state index contributed by atoms with van der Waals surface area (Å²) in [5, 5.41) is 0. The maximum absolute atomic E-state index is 13.3. The molecule has 4 heteroatoms. The summed E-state index contributed by atoms with van der Waals surface area (Å²) >= 11 is 0. The molecule has 0 radical (unpaired) electrons. The normalized spacial score (nSPS) is 16.1. The molecule has 0 spiro atoms. The molecule has 1 aromatic heterocycles. The third kappa shape index (κ3) is 3.42. The Morgan fingerprint density at radius 3 is 2.81 bits per heavy atom. The summed E-state index contributed by atoms with van der Waals surface area (Å²) in [7, 11) is 0. The zero-order valence-electron chi connectivity index (χ0n) is 15.9. The predicted molar refractivity (Wildman–Crippen MR) is 107 cm³/mol. The van der Waals surface area contributed by atoms with E-state index in [1.54, 1.807) is 6.21 Å². The van der Waals surface area contributed by atoms with E-state index in [1.165, 1.54) is 40.3 Å². The molecule has 2 aliphatic heterocycles. The maximum Gasteiger partial charge on any atom is 0.123 e. The number of aromatic nitrogens is 1. The van der Waals surface area contributed by atoms with Crippen LogP contribution in [0.5, 0.6) is 0 Å². The van der Waals surface area contributed by atoms with Gasteiger partial charge in [0.05, 0.1) is 19.3 Å². The van der Waals surface area contributed by atoms with Gasteiger partial charge in [0.1, 0.15) is 5.82 Å². The molecule has 0 atom stereocenters. The van der Waals surface area contributed by atoms with Gasteiger partial charge in [0.25, 0.3) is 0 Å². The maximum atomic E-state index is 13.3. The van der Waals surface area contributed by atoms with Gasteiger partial charge in [-0.05, 0) is 49.1 Å². The lowest BCUT2D eigenvalue weighted by Crippen LogP contribution is -2.30. The lowest BCUT2D eigenvalue weighted by Gasteiger charge is -2.31. The summed E-state index contributed by atoms with van der Waals surface area (Å²) in [6.07, 6.45) is 5.70. The van der Waals surface area contributed by atoms with Gasteiger partial charge in [0.15, 0.2) is 0 Å². The summed E-state index contributed by atoms with van der Waals surface area (Å²) in [6, 6.07) is 6.82. The number of fused-ring (bicyclic) bond motifs is 3. The van der Waals surface area contributed by atoms with Crippen LogP contribution in [0.4, 0.5) is 4.39 Å². The highest BCUT2D eigenvalue weighted by molar-refractivity contribution is 5.78. The van der Waals surface area contributed by atoms with Crippen LogP contribution < -0.4 is 0 Å². The molecule has 138 valence electrons. The molecule has 3 heterocycles. The van der Waals surface area contributed by atoms with Crippen LogP contribution in [0, 0.1) is 17.7 Å². The van der Waals surface area contributed by atoms with Crippen LogP contribution in [0.25, 0.3) is 0 Å². The Morgan fingerprint density at radius 1 is 1.22 bits per heavy atom. The minimum Gasteiger partial charge on any atom is -0.369 e. The largest absolute Gasteiger partial charge is 0.369 e. The van der Waals surface area contributed by atoms with Crippen molar-refractivity contribution in [3.8, 4) is 11.8 Å². The summed E-state index contributed by atoms with van der Waals surface area (Å²) in [5.41, 5.74) is 7.83. The van der Waals surface area contributed by atoms with E-state index in [0.717, 1.165) is 38.0 Å². The summed E-state index contributed by atoms with van der Waals surface area (Å²) in [4.78, 5) is 6.93. The van der Waals surface area contributed by atoms with Crippen LogP contribution >= 0.6 is 0 Å². The second-order valence-electron chi connectivity index (χ2n) is 7.13. The van der Waals surface area contributed by atoms with E-state index >= 15 is 0 Å². The Labute approximate surface area is 160 Å². The van der Waals surface area contributed by atoms with E-state index in [4.69, 9.17) is 0 Å². The Kier molecular flexibility index (Phi) is 4.85.